The summed E-state index contributed by atoms with van der Waals surface area (Å²) in [6.07, 6.45) is 0. The molecule has 2 aromatic carbocycles. The quantitative estimate of drug-likeness (QED) is 0.710. The number of amides is 1. The number of rotatable bonds is 6. The van der Waals surface area contributed by atoms with Gasteiger partial charge in [-0.3, -0.25) is 9.69 Å². The molecule has 0 bridgehead atoms. The lowest BCUT2D eigenvalue weighted by molar-refractivity contribution is 0.1000. The smallest absolute Gasteiger partial charge is 0.248 e. The van der Waals surface area contributed by atoms with E-state index in [-0.39, 0.29) is 0 Å². The average Bonchev–Trinajstić information content (AvgIpc) is 3.13. The molecule has 27 heavy (non-hydrogen) atoms. The van der Waals surface area contributed by atoms with Crippen molar-refractivity contribution in [1.29, 1.82) is 0 Å². The summed E-state index contributed by atoms with van der Waals surface area (Å²) in [5.74, 6) is 1.45. The van der Waals surface area contributed by atoms with Gasteiger partial charge >= 0.3 is 0 Å². The fourth-order valence-corrected chi connectivity index (χ4v) is 4.09. The zero-order valence-electron chi connectivity index (χ0n) is 15.0. The molecule has 4 rings (SSSR count). The Balaban J connectivity index is 1.25. The molecule has 1 aliphatic rings. The monoisotopic (exact) mass is 382 g/mol. The first-order valence-corrected chi connectivity index (χ1v) is 9.82. The number of primary amides is 1. The van der Waals surface area contributed by atoms with Crippen molar-refractivity contribution in [3.05, 3.63) is 54.1 Å². The highest BCUT2D eigenvalue weighted by Gasteiger charge is 2.20. The number of benzene rings is 2. The minimum Gasteiger partial charge on any atom is -0.492 e. The van der Waals surface area contributed by atoms with Crippen molar-refractivity contribution < 1.29 is 9.53 Å². The molecule has 7 heteroatoms. The van der Waals surface area contributed by atoms with E-state index in [9.17, 15) is 4.79 Å². The van der Waals surface area contributed by atoms with Crippen molar-refractivity contribution in [2.24, 2.45) is 5.73 Å². The number of fused-ring (bicyclic) bond motifs is 1. The van der Waals surface area contributed by atoms with Gasteiger partial charge in [0.05, 0.1) is 4.70 Å². The van der Waals surface area contributed by atoms with Crippen molar-refractivity contribution in [3.8, 4) is 5.75 Å². The van der Waals surface area contributed by atoms with Crippen LogP contribution in [-0.2, 0) is 0 Å². The van der Waals surface area contributed by atoms with Gasteiger partial charge in [-0.1, -0.05) is 12.1 Å². The summed E-state index contributed by atoms with van der Waals surface area (Å²) in [4.78, 5) is 15.9. The Hall–Kier alpha value is -2.64. The Bertz CT molecular complexity index is 917. The lowest BCUT2D eigenvalue weighted by Crippen LogP contribution is -2.47. The first kappa shape index (κ1) is 17.8. The van der Waals surface area contributed by atoms with E-state index in [1.165, 1.54) is 10.1 Å². The largest absolute Gasteiger partial charge is 0.492 e. The van der Waals surface area contributed by atoms with Gasteiger partial charge in [0, 0.05) is 43.7 Å². The lowest BCUT2D eigenvalue weighted by Gasteiger charge is -2.34. The minimum absolute atomic E-state index is 0.424. The molecule has 2 heterocycles. The number of ether oxygens (including phenoxy) is 1. The van der Waals surface area contributed by atoms with E-state index in [1.54, 1.807) is 35.8 Å². The van der Waals surface area contributed by atoms with Gasteiger partial charge in [0.15, 0.2) is 0 Å². The molecule has 1 fully saturated rings. The molecule has 140 valence electrons. The maximum atomic E-state index is 11.1. The number of hydrogen-bond donors (Lipinski definition) is 1. The molecular formula is C20H22N4O2S. The van der Waals surface area contributed by atoms with Crippen LogP contribution < -0.4 is 15.4 Å². The Morgan fingerprint density at radius 2 is 1.81 bits per heavy atom. The van der Waals surface area contributed by atoms with E-state index in [2.05, 4.69) is 38.4 Å². The number of aromatic nitrogens is 1. The molecule has 3 aromatic rings. The standard InChI is InChI=1S/C20H22N4O2S/c21-19(25)15-5-7-16(8-6-15)26-14-13-23-9-11-24(12-10-23)20-17-3-1-2-4-18(17)27-22-20/h1-8H,9-14H2,(H2,21,25). The van der Waals surface area contributed by atoms with Gasteiger partial charge in [-0.05, 0) is 47.9 Å². The highest BCUT2D eigenvalue weighted by molar-refractivity contribution is 7.13. The molecule has 6 nitrogen and oxygen atoms in total. The van der Waals surface area contributed by atoms with Gasteiger partial charge in [0.1, 0.15) is 18.2 Å². The maximum absolute atomic E-state index is 11.1. The summed E-state index contributed by atoms with van der Waals surface area (Å²) in [6, 6.07) is 15.4. The van der Waals surface area contributed by atoms with E-state index in [1.807, 2.05) is 0 Å². The molecule has 0 atom stereocenters. The number of nitrogens with zero attached hydrogens (tertiary/aromatic N) is 3. The van der Waals surface area contributed by atoms with Crippen LogP contribution in [0.3, 0.4) is 0 Å². The number of nitrogens with two attached hydrogens (primary N) is 1. The van der Waals surface area contributed by atoms with Crippen LogP contribution in [0.25, 0.3) is 10.1 Å². The van der Waals surface area contributed by atoms with E-state index in [4.69, 9.17) is 10.5 Å². The number of carbonyl (C=O) groups excluding carboxylic acids is 1. The molecule has 0 saturated carbocycles. The van der Waals surface area contributed by atoms with E-state index < -0.39 is 5.91 Å². The summed E-state index contributed by atoms with van der Waals surface area (Å²) < 4.78 is 11.7. The summed E-state index contributed by atoms with van der Waals surface area (Å²) >= 11 is 1.57. The Morgan fingerprint density at radius 1 is 1.07 bits per heavy atom. The molecular weight excluding hydrogens is 360 g/mol. The van der Waals surface area contributed by atoms with Crippen LogP contribution in [0, 0.1) is 0 Å². The molecule has 2 N–H and O–H groups in total. The second-order valence-corrected chi connectivity index (χ2v) is 7.37. The highest BCUT2D eigenvalue weighted by Crippen LogP contribution is 2.29. The van der Waals surface area contributed by atoms with Crippen molar-refractivity contribution in [2.45, 2.75) is 0 Å². The fraction of sp³-hybridized carbons (Fsp3) is 0.300. The third kappa shape index (κ3) is 4.04. The van der Waals surface area contributed by atoms with Gasteiger partial charge in [-0.25, -0.2) is 0 Å². The number of piperazine rings is 1. The number of anilines is 1. The zero-order chi connectivity index (χ0) is 18.6. The SMILES string of the molecule is NC(=O)c1ccc(OCCN2CCN(c3nsc4ccccc34)CC2)cc1. The van der Waals surface area contributed by atoms with Gasteiger partial charge in [0.25, 0.3) is 0 Å². The maximum Gasteiger partial charge on any atom is 0.248 e. The summed E-state index contributed by atoms with van der Waals surface area (Å²) in [5, 5.41) is 1.25. The van der Waals surface area contributed by atoms with Gasteiger partial charge in [0.2, 0.25) is 5.91 Å². The van der Waals surface area contributed by atoms with Crippen molar-refractivity contribution in [2.75, 3.05) is 44.2 Å². The van der Waals surface area contributed by atoms with E-state index >= 15 is 0 Å². The predicted octanol–water partition coefficient (Wildman–Crippen LogP) is 2.60. The van der Waals surface area contributed by atoms with Crippen molar-refractivity contribution in [3.63, 3.8) is 0 Å². The fourth-order valence-electron chi connectivity index (χ4n) is 3.29. The Labute approximate surface area is 162 Å². The molecule has 0 aliphatic carbocycles. The lowest BCUT2D eigenvalue weighted by atomic mass is 10.2. The Morgan fingerprint density at radius 3 is 2.56 bits per heavy atom. The van der Waals surface area contributed by atoms with E-state index in [0.29, 0.717) is 12.2 Å². The molecule has 0 spiro atoms. The minimum atomic E-state index is -0.424. The third-order valence-electron chi connectivity index (χ3n) is 4.85. The van der Waals surface area contributed by atoms with Gasteiger partial charge in [-0.15, -0.1) is 0 Å². The molecule has 1 amide bonds. The topological polar surface area (TPSA) is 71.7 Å². The van der Waals surface area contributed by atoms with Crippen LogP contribution in [0.2, 0.25) is 0 Å². The van der Waals surface area contributed by atoms with Crippen LogP contribution in [0.4, 0.5) is 5.82 Å². The highest BCUT2D eigenvalue weighted by atomic mass is 32.1. The molecule has 1 aliphatic heterocycles. The second-order valence-electron chi connectivity index (χ2n) is 6.57. The Kier molecular flexibility index (Phi) is 5.22. The van der Waals surface area contributed by atoms with Crippen molar-refractivity contribution >= 4 is 33.3 Å². The van der Waals surface area contributed by atoms with Gasteiger partial charge in [-0.2, -0.15) is 4.37 Å². The predicted molar refractivity (Wildman–Crippen MR) is 109 cm³/mol. The van der Waals surface area contributed by atoms with Gasteiger partial charge < -0.3 is 15.4 Å². The third-order valence-corrected chi connectivity index (χ3v) is 5.66. The first-order valence-electron chi connectivity index (χ1n) is 9.05. The van der Waals surface area contributed by atoms with Crippen LogP contribution >= 0.6 is 11.5 Å². The molecule has 0 unspecified atom stereocenters. The first-order chi connectivity index (χ1) is 13.2. The number of carbonyl (C=O) groups is 1. The molecule has 1 saturated heterocycles. The molecule has 1 aromatic heterocycles. The van der Waals surface area contributed by atoms with Crippen LogP contribution in [0.1, 0.15) is 10.4 Å². The second kappa shape index (κ2) is 7.94. The normalized spacial score (nSPS) is 15.2. The molecule has 0 radical (unpaired) electrons. The summed E-state index contributed by atoms with van der Waals surface area (Å²) in [6.45, 7) is 5.44. The van der Waals surface area contributed by atoms with Crippen molar-refractivity contribution in [1.82, 2.24) is 9.27 Å². The average molecular weight is 382 g/mol. The van der Waals surface area contributed by atoms with Crippen LogP contribution in [0.5, 0.6) is 5.75 Å². The van der Waals surface area contributed by atoms with Crippen LogP contribution in [-0.4, -0.2) is 54.5 Å². The van der Waals surface area contributed by atoms with Crippen LogP contribution in [0.15, 0.2) is 48.5 Å². The summed E-state index contributed by atoms with van der Waals surface area (Å²) in [5.41, 5.74) is 5.74. The zero-order valence-corrected chi connectivity index (χ0v) is 15.8. The number of hydrogen-bond acceptors (Lipinski definition) is 6. The summed E-state index contributed by atoms with van der Waals surface area (Å²) in [7, 11) is 0. The van der Waals surface area contributed by atoms with E-state index in [0.717, 1.165) is 44.3 Å².